The lowest BCUT2D eigenvalue weighted by atomic mass is 10.0. The van der Waals surface area contributed by atoms with Crippen molar-refractivity contribution in [2.75, 3.05) is 62.2 Å². The van der Waals surface area contributed by atoms with Gasteiger partial charge in [0, 0.05) is 74.4 Å². The largest absolute Gasteiger partial charge is 0.508 e. The van der Waals surface area contributed by atoms with E-state index in [0.717, 1.165) is 72.6 Å². The number of aromatic nitrogens is 2. The van der Waals surface area contributed by atoms with Crippen LogP contribution in [0.15, 0.2) is 79.4 Å². The van der Waals surface area contributed by atoms with E-state index in [1.165, 1.54) is 11.6 Å². The van der Waals surface area contributed by atoms with Gasteiger partial charge in [0.2, 0.25) is 5.91 Å². The number of carbonyl (C=O) groups excluding carboxylic acids is 1. The first kappa shape index (κ1) is 29.1. The van der Waals surface area contributed by atoms with Gasteiger partial charge in [-0.1, -0.05) is 61.2 Å². The number of hydrogen-bond donors (Lipinski definition) is 1. The van der Waals surface area contributed by atoms with Crippen molar-refractivity contribution in [2.45, 2.75) is 25.9 Å². The first-order valence-corrected chi connectivity index (χ1v) is 16.0. The number of fused-ring (bicyclic) bond motifs is 2. The summed E-state index contributed by atoms with van der Waals surface area (Å²) in [6.45, 7) is 11.2. The van der Waals surface area contributed by atoms with Gasteiger partial charge in [0.1, 0.15) is 11.6 Å². The highest BCUT2D eigenvalue weighted by Gasteiger charge is 2.30. The molecule has 3 aliphatic rings. The molecule has 1 amide bonds. The molecular weight excluding hydrogens is 564 g/mol. The Bertz CT molecular complexity index is 1690. The number of benzene rings is 3. The number of likely N-dealkylation sites (tertiary alicyclic amines) is 1. The summed E-state index contributed by atoms with van der Waals surface area (Å²) >= 11 is 0. The van der Waals surface area contributed by atoms with Crippen LogP contribution in [0, 0.1) is 5.92 Å². The third kappa shape index (κ3) is 6.31. The molecule has 0 saturated carbocycles. The molecular formula is C36H40N6O3. The molecule has 0 aliphatic carbocycles. The number of rotatable bonds is 8. The molecule has 7 rings (SSSR count). The Balaban J connectivity index is 1.12. The summed E-state index contributed by atoms with van der Waals surface area (Å²) in [4.78, 5) is 31.1. The van der Waals surface area contributed by atoms with Crippen molar-refractivity contribution >= 4 is 28.2 Å². The minimum atomic E-state index is -0.0322. The van der Waals surface area contributed by atoms with Crippen molar-refractivity contribution in [3.05, 3.63) is 96.2 Å². The number of phenols is 1. The Labute approximate surface area is 264 Å². The SMILES string of the molecule is C=CC(=O)N1CCN(c2nc(OCC3CCN(Cc4ccccc4)C3)nc3c2CCN(c2cc(O)cc4ccccc24)C3)CC1. The lowest BCUT2D eigenvalue weighted by Gasteiger charge is -2.38. The lowest BCUT2D eigenvalue weighted by Crippen LogP contribution is -2.49. The van der Waals surface area contributed by atoms with Crippen LogP contribution in [0.25, 0.3) is 10.8 Å². The molecule has 4 heterocycles. The van der Waals surface area contributed by atoms with Crippen molar-refractivity contribution < 1.29 is 14.6 Å². The number of anilines is 2. The average Bonchev–Trinajstić information content (AvgIpc) is 3.53. The van der Waals surface area contributed by atoms with E-state index in [-0.39, 0.29) is 11.7 Å². The minimum Gasteiger partial charge on any atom is -0.508 e. The first-order valence-electron chi connectivity index (χ1n) is 16.0. The van der Waals surface area contributed by atoms with Crippen molar-refractivity contribution in [3.8, 4) is 11.8 Å². The second-order valence-electron chi connectivity index (χ2n) is 12.3. The third-order valence-electron chi connectivity index (χ3n) is 9.32. The standard InChI is InChI=1S/C36H40N6O3/c1-2-34(44)40-16-18-41(19-17-40)35-31-13-15-42(33-21-29(43)20-28-10-6-7-11-30(28)33)24-32(31)37-36(38-35)45-25-27-12-14-39(23-27)22-26-8-4-3-5-9-26/h2-11,20-21,27,43H,1,12-19,22-25H2. The summed E-state index contributed by atoms with van der Waals surface area (Å²) in [5, 5.41) is 12.6. The van der Waals surface area contributed by atoms with Gasteiger partial charge in [-0.3, -0.25) is 9.69 Å². The zero-order chi connectivity index (χ0) is 30.8. The van der Waals surface area contributed by atoms with Gasteiger partial charge < -0.3 is 24.5 Å². The molecule has 0 spiro atoms. The zero-order valence-corrected chi connectivity index (χ0v) is 25.6. The highest BCUT2D eigenvalue weighted by molar-refractivity contribution is 5.95. The molecule has 2 saturated heterocycles. The molecule has 9 nitrogen and oxygen atoms in total. The molecule has 1 aromatic heterocycles. The maximum absolute atomic E-state index is 12.2. The van der Waals surface area contributed by atoms with E-state index in [1.54, 1.807) is 0 Å². The van der Waals surface area contributed by atoms with Gasteiger partial charge in [-0.25, -0.2) is 0 Å². The highest BCUT2D eigenvalue weighted by Crippen LogP contribution is 2.36. The van der Waals surface area contributed by atoms with Crippen LogP contribution in [-0.4, -0.2) is 83.2 Å². The zero-order valence-electron chi connectivity index (χ0n) is 25.6. The molecule has 1 unspecified atom stereocenters. The molecule has 0 bridgehead atoms. The average molecular weight is 605 g/mol. The number of carbonyl (C=O) groups is 1. The van der Waals surface area contributed by atoms with E-state index in [0.29, 0.717) is 51.3 Å². The van der Waals surface area contributed by atoms with Crippen LogP contribution >= 0.6 is 0 Å². The van der Waals surface area contributed by atoms with Crippen molar-refractivity contribution in [1.82, 2.24) is 19.8 Å². The minimum absolute atomic E-state index is 0.0322. The van der Waals surface area contributed by atoms with E-state index in [9.17, 15) is 9.90 Å². The number of ether oxygens (including phenoxy) is 1. The molecule has 0 radical (unpaired) electrons. The molecule has 2 fully saturated rings. The number of nitrogens with zero attached hydrogens (tertiary/aromatic N) is 6. The predicted molar refractivity (Wildman–Crippen MR) is 177 cm³/mol. The molecule has 3 aliphatic heterocycles. The molecule has 232 valence electrons. The van der Waals surface area contributed by atoms with Crippen LogP contribution in [0.1, 0.15) is 23.2 Å². The molecule has 4 aromatic rings. The maximum Gasteiger partial charge on any atom is 0.318 e. The normalized spacial score (nSPS) is 18.7. The van der Waals surface area contributed by atoms with E-state index >= 15 is 0 Å². The summed E-state index contributed by atoms with van der Waals surface area (Å²) in [7, 11) is 0. The summed E-state index contributed by atoms with van der Waals surface area (Å²) in [5.41, 5.74) is 4.43. The van der Waals surface area contributed by atoms with Gasteiger partial charge in [0.25, 0.3) is 0 Å². The van der Waals surface area contributed by atoms with E-state index in [2.05, 4.69) is 57.7 Å². The Morgan fingerprint density at radius 1 is 0.956 bits per heavy atom. The highest BCUT2D eigenvalue weighted by atomic mass is 16.5. The number of phenolic OH excluding ortho intramolecular Hbond substituents is 1. The molecule has 45 heavy (non-hydrogen) atoms. The molecule has 9 heteroatoms. The maximum atomic E-state index is 12.2. The molecule has 3 aromatic carbocycles. The van der Waals surface area contributed by atoms with Gasteiger partial charge in [-0.05, 0) is 42.5 Å². The summed E-state index contributed by atoms with van der Waals surface area (Å²) in [6.07, 6.45) is 3.25. The van der Waals surface area contributed by atoms with Crippen molar-refractivity contribution in [3.63, 3.8) is 0 Å². The second kappa shape index (κ2) is 12.8. The monoisotopic (exact) mass is 604 g/mol. The van der Waals surface area contributed by atoms with E-state index < -0.39 is 0 Å². The topological polar surface area (TPSA) is 85.3 Å². The fourth-order valence-electron chi connectivity index (χ4n) is 6.95. The summed E-state index contributed by atoms with van der Waals surface area (Å²) in [5.74, 6) is 1.56. The summed E-state index contributed by atoms with van der Waals surface area (Å²) in [6, 6.07) is 22.9. The van der Waals surface area contributed by atoms with Crippen LogP contribution in [0.4, 0.5) is 11.5 Å². The Morgan fingerprint density at radius 3 is 2.58 bits per heavy atom. The Morgan fingerprint density at radius 2 is 1.76 bits per heavy atom. The fraction of sp³-hybridized carbons (Fsp3) is 0.361. The van der Waals surface area contributed by atoms with Crippen LogP contribution in [0.5, 0.6) is 11.8 Å². The predicted octanol–water partition coefficient (Wildman–Crippen LogP) is 4.63. The van der Waals surface area contributed by atoms with Crippen molar-refractivity contribution in [1.29, 1.82) is 0 Å². The van der Waals surface area contributed by atoms with Crippen LogP contribution in [-0.2, 0) is 24.3 Å². The molecule has 1 atom stereocenters. The van der Waals surface area contributed by atoms with Crippen LogP contribution in [0.3, 0.4) is 0 Å². The first-order chi connectivity index (χ1) is 22.0. The third-order valence-corrected chi connectivity index (χ3v) is 9.32. The van der Waals surface area contributed by atoms with Gasteiger partial charge >= 0.3 is 6.01 Å². The van der Waals surface area contributed by atoms with Gasteiger partial charge in [-0.15, -0.1) is 0 Å². The number of aromatic hydroxyl groups is 1. The number of piperazine rings is 1. The van der Waals surface area contributed by atoms with E-state index in [4.69, 9.17) is 14.7 Å². The summed E-state index contributed by atoms with van der Waals surface area (Å²) < 4.78 is 6.38. The Kier molecular flexibility index (Phi) is 8.26. The van der Waals surface area contributed by atoms with Crippen molar-refractivity contribution in [2.24, 2.45) is 5.92 Å². The quantitative estimate of drug-likeness (QED) is 0.292. The number of hydrogen-bond acceptors (Lipinski definition) is 8. The van der Waals surface area contributed by atoms with E-state index in [1.807, 2.05) is 35.2 Å². The van der Waals surface area contributed by atoms with Gasteiger partial charge in [0.15, 0.2) is 0 Å². The lowest BCUT2D eigenvalue weighted by molar-refractivity contribution is -0.126. The number of amides is 1. The molecule has 1 N–H and O–H groups in total. The van der Waals surface area contributed by atoms with Crippen LogP contribution < -0.4 is 14.5 Å². The second-order valence-corrected chi connectivity index (χ2v) is 12.3. The Hall–Kier alpha value is -4.63. The van der Waals surface area contributed by atoms with Gasteiger partial charge in [0.05, 0.1) is 18.8 Å². The smallest absolute Gasteiger partial charge is 0.318 e. The fourth-order valence-corrected chi connectivity index (χ4v) is 6.95. The van der Waals surface area contributed by atoms with Gasteiger partial charge in [-0.2, -0.15) is 9.97 Å². The van der Waals surface area contributed by atoms with Crippen LogP contribution in [0.2, 0.25) is 0 Å².